The maximum absolute atomic E-state index is 14.4. The Morgan fingerprint density at radius 3 is 2.54 bits per heavy atom. The van der Waals surface area contributed by atoms with Crippen molar-refractivity contribution >= 4 is 17.3 Å². The summed E-state index contributed by atoms with van der Waals surface area (Å²) in [5.74, 6) is -0.302. The maximum Gasteiger partial charge on any atom is 0.223 e. The molecule has 0 aliphatic rings. The molecule has 1 N–H and O–H groups in total. The van der Waals surface area contributed by atoms with E-state index in [9.17, 15) is 9.18 Å². The Hall–Kier alpha value is -3.21. The van der Waals surface area contributed by atoms with Crippen LogP contribution in [0, 0.1) is 5.82 Å². The molecular weight excluding hydrogens is 329 g/mol. The molecule has 3 aromatic rings. The highest BCUT2D eigenvalue weighted by Crippen LogP contribution is 2.23. The van der Waals surface area contributed by atoms with Gasteiger partial charge < -0.3 is 10.2 Å². The molecule has 1 amide bonds. The van der Waals surface area contributed by atoms with E-state index < -0.39 is 0 Å². The number of anilines is 2. The molecule has 3 rings (SSSR count). The molecule has 132 valence electrons. The summed E-state index contributed by atoms with van der Waals surface area (Å²) in [6.07, 6.45) is 3.38. The van der Waals surface area contributed by atoms with Gasteiger partial charge in [0.1, 0.15) is 5.82 Å². The van der Waals surface area contributed by atoms with Crippen LogP contribution in [-0.4, -0.2) is 17.9 Å². The standard InChI is InChI=1S/C21H20FN3O/c1-15(26)25(2)20-5-3-4-19(13-20)24-14-18-7-6-17(12-21(18)22)16-8-10-23-11-9-16/h3-13,24H,14H2,1-2H3. The van der Waals surface area contributed by atoms with Crippen molar-refractivity contribution in [3.63, 3.8) is 0 Å². The Labute approximate surface area is 152 Å². The molecule has 26 heavy (non-hydrogen) atoms. The Balaban J connectivity index is 1.72. The highest BCUT2D eigenvalue weighted by molar-refractivity contribution is 5.91. The van der Waals surface area contributed by atoms with Gasteiger partial charge in [0.25, 0.3) is 0 Å². The first-order valence-corrected chi connectivity index (χ1v) is 8.31. The molecule has 0 unspecified atom stereocenters. The lowest BCUT2D eigenvalue weighted by molar-refractivity contribution is -0.116. The van der Waals surface area contributed by atoms with Crippen LogP contribution in [0.25, 0.3) is 11.1 Å². The van der Waals surface area contributed by atoms with Crippen LogP contribution in [0.5, 0.6) is 0 Å². The van der Waals surface area contributed by atoms with Crippen LogP contribution < -0.4 is 10.2 Å². The predicted molar refractivity (Wildman–Crippen MR) is 102 cm³/mol. The molecule has 5 heteroatoms. The van der Waals surface area contributed by atoms with Gasteiger partial charge in [0.05, 0.1) is 0 Å². The summed E-state index contributed by atoms with van der Waals surface area (Å²) in [6, 6.07) is 16.4. The molecule has 0 radical (unpaired) electrons. The number of benzene rings is 2. The van der Waals surface area contributed by atoms with E-state index in [-0.39, 0.29) is 11.7 Å². The van der Waals surface area contributed by atoms with Crippen LogP contribution in [0.3, 0.4) is 0 Å². The molecule has 0 saturated carbocycles. The van der Waals surface area contributed by atoms with Gasteiger partial charge in [0.2, 0.25) is 5.91 Å². The number of amides is 1. The second-order valence-corrected chi connectivity index (χ2v) is 6.02. The molecule has 2 aromatic carbocycles. The van der Waals surface area contributed by atoms with Gasteiger partial charge in [-0.15, -0.1) is 0 Å². The molecule has 0 aliphatic heterocycles. The summed E-state index contributed by atoms with van der Waals surface area (Å²) in [7, 11) is 1.72. The van der Waals surface area contributed by atoms with Crippen LogP contribution in [0.1, 0.15) is 12.5 Å². The molecule has 0 aliphatic carbocycles. The summed E-state index contributed by atoms with van der Waals surface area (Å²) in [4.78, 5) is 17.0. The number of halogens is 1. The Kier molecular flexibility index (Phi) is 5.27. The fraction of sp³-hybridized carbons (Fsp3) is 0.143. The number of carbonyl (C=O) groups excluding carboxylic acids is 1. The summed E-state index contributed by atoms with van der Waals surface area (Å²) in [5, 5.41) is 3.21. The van der Waals surface area contributed by atoms with Crippen molar-refractivity contribution in [1.82, 2.24) is 4.98 Å². The largest absolute Gasteiger partial charge is 0.381 e. The average Bonchev–Trinajstić information content (AvgIpc) is 2.67. The highest BCUT2D eigenvalue weighted by atomic mass is 19.1. The van der Waals surface area contributed by atoms with E-state index in [1.54, 1.807) is 30.4 Å². The molecule has 4 nitrogen and oxygen atoms in total. The number of hydrogen-bond donors (Lipinski definition) is 1. The van der Waals surface area contributed by atoms with Crippen LogP contribution in [0.15, 0.2) is 67.0 Å². The highest BCUT2D eigenvalue weighted by Gasteiger charge is 2.08. The van der Waals surface area contributed by atoms with Crippen molar-refractivity contribution in [1.29, 1.82) is 0 Å². The molecule has 1 aromatic heterocycles. The van der Waals surface area contributed by atoms with Gasteiger partial charge in [-0.1, -0.05) is 18.2 Å². The lowest BCUT2D eigenvalue weighted by atomic mass is 10.0. The van der Waals surface area contributed by atoms with Gasteiger partial charge in [-0.2, -0.15) is 0 Å². The number of pyridine rings is 1. The molecule has 0 spiro atoms. The average molecular weight is 349 g/mol. The lowest BCUT2D eigenvalue weighted by Crippen LogP contribution is -2.22. The van der Waals surface area contributed by atoms with Crippen molar-refractivity contribution in [2.75, 3.05) is 17.3 Å². The van der Waals surface area contributed by atoms with Crippen LogP contribution in [-0.2, 0) is 11.3 Å². The number of aromatic nitrogens is 1. The third-order valence-corrected chi connectivity index (χ3v) is 4.26. The SMILES string of the molecule is CC(=O)N(C)c1cccc(NCc2ccc(-c3ccncc3)cc2F)c1. The number of nitrogens with one attached hydrogen (secondary N) is 1. The van der Waals surface area contributed by atoms with E-state index in [2.05, 4.69) is 10.3 Å². The van der Waals surface area contributed by atoms with Gasteiger partial charge >= 0.3 is 0 Å². The topological polar surface area (TPSA) is 45.2 Å². The van der Waals surface area contributed by atoms with Gasteiger partial charge in [-0.05, 0) is 47.5 Å². The summed E-state index contributed by atoms with van der Waals surface area (Å²) in [5.41, 5.74) is 3.94. The maximum atomic E-state index is 14.4. The first-order chi connectivity index (χ1) is 12.5. The molecule has 0 saturated heterocycles. The lowest BCUT2D eigenvalue weighted by Gasteiger charge is -2.16. The summed E-state index contributed by atoms with van der Waals surface area (Å²) in [6.45, 7) is 1.87. The van der Waals surface area contributed by atoms with Crippen LogP contribution >= 0.6 is 0 Å². The molecule has 0 fully saturated rings. The van der Waals surface area contributed by atoms with Gasteiger partial charge in [-0.3, -0.25) is 9.78 Å². The minimum absolute atomic E-state index is 0.0418. The number of hydrogen-bond acceptors (Lipinski definition) is 3. The molecule has 0 bridgehead atoms. The van der Waals surface area contributed by atoms with Crippen molar-refractivity contribution in [2.45, 2.75) is 13.5 Å². The second kappa shape index (κ2) is 7.78. The van der Waals surface area contributed by atoms with Crippen molar-refractivity contribution in [3.8, 4) is 11.1 Å². The third-order valence-electron chi connectivity index (χ3n) is 4.26. The number of nitrogens with zero attached hydrogens (tertiary/aromatic N) is 2. The zero-order chi connectivity index (χ0) is 18.5. The smallest absolute Gasteiger partial charge is 0.223 e. The van der Waals surface area contributed by atoms with Gasteiger partial charge in [-0.25, -0.2) is 4.39 Å². The van der Waals surface area contributed by atoms with E-state index in [0.717, 1.165) is 22.5 Å². The monoisotopic (exact) mass is 349 g/mol. The Bertz CT molecular complexity index is 912. The van der Waals surface area contributed by atoms with Crippen molar-refractivity contribution in [2.24, 2.45) is 0 Å². The summed E-state index contributed by atoms with van der Waals surface area (Å²) >= 11 is 0. The second-order valence-electron chi connectivity index (χ2n) is 6.02. The first kappa shape index (κ1) is 17.6. The Morgan fingerprint density at radius 2 is 1.85 bits per heavy atom. The number of carbonyl (C=O) groups is 1. The summed E-state index contributed by atoms with van der Waals surface area (Å²) < 4.78 is 14.4. The van der Waals surface area contributed by atoms with E-state index >= 15 is 0 Å². The van der Waals surface area contributed by atoms with E-state index in [0.29, 0.717) is 12.1 Å². The van der Waals surface area contributed by atoms with Gasteiger partial charge in [0, 0.05) is 49.8 Å². The zero-order valence-electron chi connectivity index (χ0n) is 14.7. The fourth-order valence-corrected chi connectivity index (χ4v) is 2.62. The minimum atomic E-state index is -0.260. The zero-order valence-corrected chi connectivity index (χ0v) is 14.7. The quantitative estimate of drug-likeness (QED) is 0.738. The number of rotatable bonds is 5. The first-order valence-electron chi connectivity index (χ1n) is 8.31. The van der Waals surface area contributed by atoms with Crippen LogP contribution in [0.2, 0.25) is 0 Å². The normalized spacial score (nSPS) is 10.4. The van der Waals surface area contributed by atoms with Crippen LogP contribution in [0.4, 0.5) is 15.8 Å². The molecule has 1 heterocycles. The van der Waals surface area contributed by atoms with Gasteiger partial charge in [0.15, 0.2) is 0 Å². The van der Waals surface area contributed by atoms with Crippen molar-refractivity contribution < 1.29 is 9.18 Å². The third kappa shape index (κ3) is 4.06. The molecule has 0 atom stereocenters. The van der Waals surface area contributed by atoms with E-state index in [1.165, 1.54) is 13.0 Å². The van der Waals surface area contributed by atoms with Crippen molar-refractivity contribution in [3.05, 3.63) is 78.4 Å². The van der Waals surface area contributed by atoms with E-state index in [1.807, 2.05) is 42.5 Å². The molecular formula is C21H20FN3O. The fourth-order valence-electron chi connectivity index (χ4n) is 2.62. The minimum Gasteiger partial charge on any atom is -0.381 e. The predicted octanol–water partition coefficient (Wildman–Crippen LogP) is 4.48. The van der Waals surface area contributed by atoms with E-state index in [4.69, 9.17) is 0 Å². The Morgan fingerprint density at radius 1 is 1.08 bits per heavy atom.